The predicted octanol–water partition coefficient (Wildman–Crippen LogP) is 2.64. The minimum Gasteiger partial charge on any atom is -0.380 e. The summed E-state index contributed by atoms with van der Waals surface area (Å²) < 4.78 is 1.39. The molecule has 0 aliphatic rings. The fraction of sp³-hybridized carbons (Fsp3) is 0.360. The van der Waals surface area contributed by atoms with Gasteiger partial charge in [-0.3, -0.25) is 14.2 Å². The van der Waals surface area contributed by atoms with Crippen molar-refractivity contribution in [3.63, 3.8) is 0 Å². The Balaban J connectivity index is 1.90. The first kappa shape index (κ1) is 24.1. The number of nitrogens with one attached hydrogen (secondary N) is 2. The molecule has 8 nitrogen and oxygen atoms in total. The summed E-state index contributed by atoms with van der Waals surface area (Å²) in [5.74, 6) is 0.260. The molecule has 0 saturated heterocycles. The van der Waals surface area contributed by atoms with Crippen molar-refractivity contribution in [2.24, 2.45) is 0 Å². The van der Waals surface area contributed by atoms with Crippen molar-refractivity contribution in [2.45, 2.75) is 38.9 Å². The second kappa shape index (κ2) is 10.9. The van der Waals surface area contributed by atoms with Crippen LogP contribution in [0.5, 0.6) is 0 Å². The highest BCUT2D eigenvalue weighted by Gasteiger charge is 2.19. The molecule has 8 heteroatoms. The molecule has 1 aromatic heterocycles. The summed E-state index contributed by atoms with van der Waals surface area (Å²) in [6.45, 7) is 3.12. The highest BCUT2D eigenvalue weighted by atomic mass is 16.2. The first-order valence-electron chi connectivity index (χ1n) is 11.0. The van der Waals surface area contributed by atoms with Crippen LogP contribution >= 0.6 is 0 Å². The summed E-state index contributed by atoms with van der Waals surface area (Å²) in [5.41, 5.74) is 3.25. The van der Waals surface area contributed by atoms with Crippen LogP contribution in [0.1, 0.15) is 35.8 Å². The van der Waals surface area contributed by atoms with Crippen molar-refractivity contribution >= 4 is 28.8 Å². The highest BCUT2D eigenvalue weighted by molar-refractivity contribution is 5.90. The number of benzene rings is 2. The van der Waals surface area contributed by atoms with Crippen LogP contribution in [0, 0.1) is 6.92 Å². The van der Waals surface area contributed by atoms with Crippen LogP contribution in [0.15, 0.2) is 47.3 Å². The van der Waals surface area contributed by atoms with Crippen LogP contribution < -0.4 is 16.2 Å². The van der Waals surface area contributed by atoms with E-state index >= 15 is 0 Å². The maximum atomic E-state index is 13.5. The van der Waals surface area contributed by atoms with Crippen molar-refractivity contribution < 1.29 is 9.59 Å². The van der Waals surface area contributed by atoms with E-state index in [1.807, 2.05) is 26.2 Å². The molecule has 1 amide bonds. The molecule has 174 valence electrons. The summed E-state index contributed by atoms with van der Waals surface area (Å²) in [5, 5.41) is 6.32. The molecular weight excluding hydrogens is 418 g/mol. The zero-order valence-electron chi connectivity index (χ0n) is 19.6. The van der Waals surface area contributed by atoms with Crippen LogP contribution in [0.25, 0.3) is 10.9 Å². The lowest BCUT2D eigenvalue weighted by Crippen LogP contribution is -2.30. The third-order valence-electron chi connectivity index (χ3n) is 5.55. The lowest BCUT2D eigenvalue weighted by atomic mass is 10.1. The lowest BCUT2D eigenvalue weighted by molar-refractivity contribution is -0.121. The highest BCUT2D eigenvalue weighted by Crippen LogP contribution is 2.22. The van der Waals surface area contributed by atoms with Gasteiger partial charge in [0.25, 0.3) is 5.56 Å². The summed E-state index contributed by atoms with van der Waals surface area (Å²) >= 11 is 0. The Morgan fingerprint density at radius 1 is 1.15 bits per heavy atom. The van der Waals surface area contributed by atoms with E-state index in [-0.39, 0.29) is 24.3 Å². The molecule has 0 aliphatic carbocycles. The summed E-state index contributed by atoms with van der Waals surface area (Å²) in [7, 11) is 5.61. The van der Waals surface area contributed by atoms with Crippen molar-refractivity contribution in [3.8, 4) is 0 Å². The van der Waals surface area contributed by atoms with Gasteiger partial charge in [0.2, 0.25) is 5.91 Å². The Kier molecular flexibility index (Phi) is 7.95. The number of rotatable bonds is 10. The predicted molar refractivity (Wildman–Crippen MR) is 130 cm³/mol. The van der Waals surface area contributed by atoms with Gasteiger partial charge in [-0.25, -0.2) is 4.98 Å². The number of nitrogens with zero attached hydrogens (tertiary/aromatic N) is 3. The van der Waals surface area contributed by atoms with Crippen molar-refractivity contribution in [1.29, 1.82) is 0 Å². The van der Waals surface area contributed by atoms with Gasteiger partial charge in [-0.15, -0.1) is 0 Å². The fourth-order valence-electron chi connectivity index (χ4n) is 3.88. The fourth-order valence-corrected chi connectivity index (χ4v) is 3.88. The maximum Gasteiger partial charge on any atom is 0.264 e. The van der Waals surface area contributed by atoms with E-state index in [0.717, 1.165) is 12.1 Å². The first-order chi connectivity index (χ1) is 15.8. The number of amides is 1. The molecule has 3 aromatic rings. The molecule has 33 heavy (non-hydrogen) atoms. The van der Waals surface area contributed by atoms with Gasteiger partial charge in [0.05, 0.1) is 16.9 Å². The zero-order chi connectivity index (χ0) is 24.0. The first-order valence-corrected chi connectivity index (χ1v) is 11.0. The molecule has 0 fully saturated rings. The van der Waals surface area contributed by atoms with Crippen molar-refractivity contribution in [1.82, 2.24) is 19.8 Å². The standard InChI is InChI=1S/C25H31N5O3/c1-17-28-22-7-5-6-21(27-14-18-8-10-19(11-9-18)15-29(3)4)24(22)25(33)30(17)20(16-31)12-13-23(32)26-2/h5-11,16,20,27H,12-15H2,1-4H3,(H,26,32). The van der Waals surface area contributed by atoms with E-state index in [4.69, 9.17) is 0 Å². The van der Waals surface area contributed by atoms with E-state index in [1.54, 1.807) is 20.0 Å². The molecule has 3 rings (SSSR count). The van der Waals surface area contributed by atoms with E-state index in [2.05, 4.69) is 44.8 Å². The molecule has 0 bridgehead atoms. The van der Waals surface area contributed by atoms with E-state index in [0.29, 0.717) is 35.2 Å². The third kappa shape index (κ3) is 5.84. The minimum atomic E-state index is -0.760. The molecule has 1 atom stereocenters. The number of carbonyl (C=O) groups is 2. The van der Waals surface area contributed by atoms with Gasteiger partial charge >= 0.3 is 0 Å². The Morgan fingerprint density at radius 3 is 2.48 bits per heavy atom. The van der Waals surface area contributed by atoms with Gasteiger partial charge in [-0.05, 0) is 50.7 Å². The molecule has 0 radical (unpaired) electrons. The number of hydrogen-bond donors (Lipinski definition) is 2. The normalized spacial score (nSPS) is 12.0. The van der Waals surface area contributed by atoms with Crippen molar-refractivity contribution in [2.75, 3.05) is 26.5 Å². The van der Waals surface area contributed by atoms with Gasteiger partial charge in [0.1, 0.15) is 12.1 Å². The molecule has 1 unspecified atom stereocenters. The number of carbonyl (C=O) groups excluding carboxylic acids is 2. The molecule has 2 aromatic carbocycles. The lowest BCUT2D eigenvalue weighted by Gasteiger charge is -2.18. The van der Waals surface area contributed by atoms with Gasteiger partial charge in [0.15, 0.2) is 0 Å². The third-order valence-corrected chi connectivity index (χ3v) is 5.55. The number of aromatic nitrogens is 2. The molecule has 0 saturated carbocycles. The topological polar surface area (TPSA) is 96.3 Å². The number of aldehydes is 1. The second-order valence-electron chi connectivity index (χ2n) is 8.36. The van der Waals surface area contributed by atoms with Gasteiger partial charge in [-0.1, -0.05) is 30.3 Å². The molecular formula is C25H31N5O3. The van der Waals surface area contributed by atoms with Gasteiger partial charge in [-0.2, -0.15) is 0 Å². The van der Waals surface area contributed by atoms with Gasteiger partial charge < -0.3 is 20.3 Å². The van der Waals surface area contributed by atoms with Gasteiger partial charge in [0, 0.05) is 32.2 Å². The smallest absolute Gasteiger partial charge is 0.264 e. The van der Waals surface area contributed by atoms with Crippen molar-refractivity contribution in [3.05, 3.63) is 69.8 Å². The quantitative estimate of drug-likeness (QED) is 0.462. The Labute approximate surface area is 193 Å². The van der Waals surface area contributed by atoms with Crippen LogP contribution in [0.2, 0.25) is 0 Å². The number of aryl methyl sites for hydroxylation is 1. The number of fused-ring (bicyclic) bond motifs is 1. The second-order valence-corrected chi connectivity index (χ2v) is 8.36. The zero-order valence-corrected chi connectivity index (χ0v) is 19.6. The number of hydrogen-bond acceptors (Lipinski definition) is 6. The molecule has 2 N–H and O–H groups in total. The summed E-state index contributed by atoms with van der Waals surface area (Å²) in [6.07, 6.45) is 1.08. The Bertz CT molecular complexity index is 1190. The molecule has 1 heterocycles. The van der Waals surface area contributed by atoms with Crippen LogP contribution in [0.3, 0.4) is 0 Å². The van der Waals surface area contributed by atoms with Crippen LogP contribution in [0.4, 0.5) is 5.69 Å². The van der Waals surface area contributed by atoms with E-state index < -0.39 is 6.04 Å². The Morgan fingerprint density at radius 2 is 1.85 bits per heavy atom. The number of anilines is 1. The summed E-state index contributed by atoms with van der Waals surface area (Å²) in [6, 6.07) is 13.0. The molecule has 0 spiro atoms. The van der Waals surface area contributed by atoms with Crippen LogP contribution in [-0.2, 0) is 22.7 Å². The molecule has 0 aliphatic heterocycles. The average molecular weight is 450 g/mol. The van der Waals surface area contributed by atoms with E-state index in [1.165, 1.54) is 10.1 Å². The Hall–Kier alpha value is -3.52. The SMILES string of the molecule is CNC(=O)CCC(C=O)n1c(C)nc2cccc(NCc3ccc(CN(C)C)cc3)c2c1=O. The largest absolute Gasteiger partial charge is 0.380 e. The van der Waals surface area contributed by atoms with E-state index in [9.17, 15) is 14.4 Å². The monoisotopic (exact) mass is 449 g/mol. The van der Waals surface area contributed by atoms with Crippen LogP contribution in [-0.4, -0.2) is 47.8 Å². The average Bonchev–Trinajstić information content (AvgIpc) is 2.79. The maximum absolute atomic E-state index is 13.5. The minimum absolute atomic E-state index is 0.146. The summed E-state index contributed by atoms with van der Waals surface area (Å²) in [4.78, 5) is 43.6.